The van der Waals surface area contributed by atoms with Crippen LogP contribution < -0.4 is 11.2 Å². The molecule has 162 valence electrons. The summed E-state index contributed by atoms with van der Waals surface area (Å²) in [6.07, 6.45) is 0.953. The van der Waals surface area contributed by atoms with Crippen LogP contribution in [0.5, 0.6) is 5.88 Å². The van der Waals surface area contributed by atoms with E-state index >= 15 is 0 Å². The van der Waals surface area contributed by atoms with E-state index in [1.807, 2.05) is 23.6 Å². The van der Waals surface area contributed by atoms with E-state index in [2.05, 4.69) is 9.98 Å². The smallest absolute Gasteiger partial charge is 0.335 e. The number of aromatic hydroxyl groups is 1. The number of thioether (sulfide) groups is 1. The molecule has 0 atom stereocenters. The lowest BCUT2D eigenvalue weighted by Crippen LogP contribution is -2.31. The number of nitriles is 1. The number of nitro groups is 1. The van der Waals surface area contributed by atoms with Gasteiger partial charge in [-0.25, -0.2) is 14.4 Å². The van der Waals surface area contributed by atoms with Crippen molar-refractivity contribution in [3.63, 3.8) is 0 Å². The Labute approximate surface area is 189 Å². The van der Waals surface area contributed by atoms with E-state index in [9.17, 15) is 24.8 Å². The van der Waals surface area contributed by atoms with Crippen molar-refractivity contribution in [1.82, 2.24) is 9.55 Å². The molecule has 11 heteroatoms. The molecule has 0 amide bonds. The molecule has 0 saturated carbocycles. The molecule has 0 unspecified atom stereocenters. The minimum absolute atomic E-state index is 0.0935. The van der Waals surface area contributed by atoms with Crippen molar-refractivity contribution in [3.05, 3.63) is 97.2 Å². The van der Waals surface area contributed by atoms with Crippen molar-refractivity contribution < 1.29 is 10.0 Å². The van der Waals surface area contributed by atoms with Crippen molar-refractivity contribution in [1.29, 1.82) is 5.26 Å². The Morgan fingerprint density at radius 1 is 1.15 bits per heavy atom. The van der Waals surface area contributed by atoms with Crippen LogP contribution in [0, 0.1) is 20.8 Å². The van der Waals surface area contributed by atoms with Crippen LogP contribution in [0.1, 0.15) is 5.56 Å². The zero-order valence-corrected chi connectivity index (χ0v) is 17.4. The van der Waals surface area contributed by atoms with Crippen LogP contribution in [-0.4, -0.2) is 25.8 Å². The number of H-pyrrole nitrogens is 1. The minimum atomic E-state index is -0.906. The number of fused-ring (bicyclic) bond motifs is 1. The topological polar surface area (TPSA) is 154 Å². The lowest BCUT2D eigenvalue weighted by atomic mass is 10.1. The fourth-order valence-electron chi connectivity index (χ4n) is 3.29. The van der Waals surface area contributed by atoms with Gasteiger partial charge in [-0.2, -0.15) is 5.26 Å². The van der Waals surface area contributed by atoms with Gasteiger partial charge < -0.3 is 5.11 Å². The average Bonchev–Trinajstić information content (AvgIpc) is 2.79. The third kappa shape index (κ3) is 4.10. The number of benzene rings is 3. The fourth-order valence-corrected chi connectivity index (χ4v) is 3.70. The molecule has 0 saturated heterocycles. The normalized spacial score (nSPS) is 11.0. The molecule has 10 nitrogen and oxygen atoms in total. The summed E-state index contributed by atoms with van der Waals surface area (Å²) in [5.74, 6) is -0.664. The lowest BCUT2D eigenvalue weighted by molar-refractivity contribution is -0.384. The number of aromatic nitrogens is 2. The molecule has 0 aliphatic carbocycles. The second kappa shape index (κ2) is 8.81. The highest BCUT2D eigenvalue weighted by atomic mass is 32.2. The Hall–Kier alpha value is -4.69. The zero-order chi connectivity index (χ0) is 23.5. The van der Waals surface area contributed by atoms with Crippen LogP contribution in [0.4, 0.5) is 11.4 Å². The first kappa shape index (κ1) is 21.5. The van der Waals surface area contributed by atoms with Gasteiger partial charge in [0.2, 0.25) is 5.88 Å². The molecule has 4 aromatic rings. The summed E-state index contributed by atoms with van der Waals surface area (Å²) in [4.78, 5) is 42.2. The molecule has 0 aliphatic rings. The summed E-state index contributed by atoms with van der Waals surface area (Å²) in [5, 5.41) is 34.3. The van der Waals surface area contributed by atoms with E-state index in [0.29, 0.717) is 16.0 Å². The van der Waals surface area contributed by atoms with Gasteiger partial charge in [0.25, 0.3) is 11.2 Å². The van der Waals surface area contributed by atoms with Gasteiger partial charge in [0, 0.05) is 22.6 Å². The molecule has 0 bridgehead atoms. The van der Waals surface area contributed by atoms with Gasteiger partial charge in [-0.05, 0) is 35.3 Å². The second-order valence-electron chi connectivity index (χ2n) is 6.69. The third-order valence-electron chi connectivity index (χ3n) is 4.77. The molecule has 0 spiro atoms. The number of rotatable bonds is 5. The summed E-state index contributed by atoms with van der Waals surface area (Å²) in [7, 11) is 0. The Balaban J connectivity index is 1.87. The zero-order valence-electron chi connectivity index (χ0n) is 16.6. The number of hydrogen-bond acceptors (Lipinski definition) is 8. The number of nitro benzene ring substituents is 1. The van der Waals surface area contributed by atoms with Crippen molar-refractivity contribution in [2.75, 3.05) is 0 Å². The molecule has 1 heterocycles. The van der Waals surface area contributed by atoms with Crippen LogP contribution >= 0.6 is 11.8 Å². The molecule has 2 N–H and O–H groups in total. The average molecular weight is 459 g/mol. The maximum atomic E-state index is 12.6. The molecule has 0 aliphatic heterocycles. The molecule has 3 aromatic carbocycles. The van der Waals surface area contributed by atoms with Crippen molar-refractivity contribution in [2.24, 2.45) is 4.99 Å². The molecule has 0 fully saturated rings. The molecule has 0 radical (unpaired) electrons. The van der Waals surface area contributed by atoms with E-state index in [4.69, 9.17) is 5.26 Å². The van der Waals surface area contributed by atoms with E-state index in [1.54, 1.807) is 24.3 Å². The highest BCUT2D eigenvalue weighted by molar-refractivity contribution is 8.03. The SMILES string of the molecule is N#CSc1ccc(N=Cc2c(O)n(-c3cccc4ccccc34)c(=O)[nH]c2=O)c([N+](=O)[O-])c1. The third-order valence-corrected chi connectivity index (χ3v) is 5.35. The standard InChI is InChI=1S/C22H13N5O5S/c23-12-33-14-8-9-17(19(10-14)27(31)32)24-11-16-20(28)25-22(30)26(21(16)29)18-7-3-5-13-4-1-2-6-15(13)18/h1-11,29H,(H,25,28,30). The fraction of sp³-hybridized carbons (Fsp3) is 0. The van der Waals surface area contributed by atoms with Crippen LogP contribution in [0.25, 0.3) is 16.5 Å². The second-order valence-corrected chi connectivity index (χ2v) is 7.55. The molecule has 1 aromatic heterocycles. The maximum Gasteiger partial charge on any atom is 0.335 e. The van der Waals surface area contributed by atoms with Crippen LogP contribution in [0.15, 0.2) is 80.1 Å². The summed E-state index contributed by atoms with van der Waals surface area (Å²) in [6.45, 7) is 0. The molecular weight excluding hydrogens is 446 g/mol. The number of hydrogen-bond donors (Lipinski definition) is 2. The summed E-state index contributed by atoms with van der Waals surface area (Å²) in [6, 6.07) is 16.3. The summed E-state index contributed by atoms with van der Waals surface area (Å²) >= 11 is 0.753. The first-order valence-electron chi connectivity index (χ1n) is 9.35. The minimum Gasteiger partial charge on any atom is -0.493 e. The van der Waals surface area contributed by atoms with Gasteiger partial charge in [-0.1, -0.05) is 36.4 Å². The van der Waals surface area contributed by atoms with Crippen LogP contribution in [-0.2, 0) is 0 Å². The predicted octanol–water partition coefficient (Wildman–Crippen LogP) is 3.62. The van der Waals surface area contributed by atoms with E-state index in [1.165, 1.54) is 18.2 Å². The van der Waals surface area contributed by atoms with Gasteiger partial charge in [-0.15, -0.1) is 0 Å². The number of thiocyanates is 1. The Morgan fingerprint density at radius 2 is 1.91 bits per heavy atom. The van der Waals surface area contributed by atoms with E-state index in [-0.39, 0.29) is 16.9 Å². The Kier molecular flexibility index (Phi) is 5.75. The summed E-state index contributed by atoms with van der Waals surface area (Å²) in [5.41, 5.74) is -2.25. The first-order valence-corrected chi connectivity index (χ1v) is 10.2. The van der Waals surface area contributed by atoms with Crippen molar-refractivity contribution >= 4 is 40.1 Å². The molecule has 4 rings (SSSR count). The van der Waals surface area contributed by atoms with Crippen LogP contribution in [0.3, 0.4) is 0 Å². The highest BCUT2D eigenvalue weighted by Gasteiger charge is 2.18. The van der Waals surface area contributed by atoms with Gasteiger partial charge in [0.1, 0.15) is 16.7 Å². The first-order chi connectivity index (χ1) is 15.9. The quantitative estimate of drug-likeness (QED) is 0.152. The Morgan fingerprint density at radius 3 is 2.67 bits per heavy atom. The van der Waals surface area contributed by atoms with Gasteiger partial charge in [0.05, 0.1) is 10.6 Å². The van der Waals surface area contributed by atoms with E-state index < -0.39 is 22.1 Å². The largest absolute Gasteiger partial charge is 0.493 e. The summed E-state index contributed by atoms with van der Waals surface area (Å²) < 4.78 is 0.937. The van der Waals surface area contributed by atoms with Gasteiger partial charge in [-0.3, -0.25) is 19.9 Å². The van der Waals surface area contributed by atoms with Crippen molar-refractivity contribution in [3.8, 4) is 17.0 Å². The maximum absolute atomic E-state index is 12.6. The van der Waals surface area contributed by atoms with Crippen LogP contribution in [0.2, 0.25) is 0 Å². The number of nitrogens with one attached hydrogen (secondary N) is 1. The molecule has 33 heavy (non-hydrogen) atoms. The number of aliphatic imine (C=N–C) groups is 1. The van der Waals surface area contributed by atoms with Gasteiger partial charge >= 0.3 is 5.69 Å². The monoisotopic (exact) mass is 459 g/mol. The Bertz CT molecular complexity index is 1590. The van der Waals surface area contributed by atoms with Gasteiger partial charge in [0.15, 0.2) is 0 Å². The number of nitrogens with zero attached hydrogens (tertiary/aromatic N) is 4. The number of aromatic amines is 1. The highest BCUT2D eigenvalue weighted by Crippen LogP contribution is 2.32. The van der Waals surface area contributed by atoms with E-state index in [0.717, 1.165) is 27.9 Å². The van der Waals surface area contributed by atoms with Crippen molar-refractivity contribution in [2.45, 2.75) is 4.90 Å². The molecular formula is C22H13N5O5S. The lowest BCUT2D eigenvalue weighted by Gasteiger charge is -2.12. The predicted molar refractivity (Wildman–Crippen MR) is 124 cm³/mol.